The summed E-state index contributed by atoms with van der Waals surface area (Å²) in [7, 11) is 0. The first-order valence-corrected chi connectivity index (χ1v) is 8.56. The summed E-state index contributed by atoms with van der Waals surface area (Å²) in [5.41, 5.74) is 8.14. The summed E-state index contributed by atoms with van der Waals surface area (Å²) in [5.74, 6) is 0. The maximum absolute atomic E-state index is 4.00. The van der Waals surface area contributed by atoms with Crippen molar-refractivity contribution >= 4 is 0 Å². The number of terminal acetylenes is 1. The third-order valence-corrected chi connectivity index (χ3v) is 4.32. The van der Waals surface area contributed by atoms with Crippen LogP contribution in [0.25, 0.3) is 33.4 Å². The number of rotatable bonds is 1. The van der Waals surface area contributed by atoms with Crippen LogP contribution < -0.4 is 0 Å². The van der Waals surface area contributed by atoms with Crippen LogP contribution in [-0.2, 0) is 0 Å². The Morgan fingerprint density at radius 3 is 0.808 bits per heavy atom. The van der Waals surface area contributed by atoms with Crippen molar-refractivity contribution in [2.45, 2.75) is 0 Å². The molecule has 0 N–H and O–H groups in total. The third kappa shape index (κ3) is 3.58. The number of hydrogen-bond donors (Lipinski definition) is 0. The molecule has 0 radical (unpaired) electrons. The first-order chi connectivity index (χ1) is 12.9. The molecule has 0 amide bonds. The zero-order valence-electron chi connectivity index (χ0n) is 14.5. The molecule has 4 aromatic rings. The summed E-state index contributed by atoms with van der Waals surface area (Å²) in [6.45, 7) is 0. The van der Waals surface area contributed by atoms with Crippen LogP contribution >= 0.6 is 0 Å². The maximum Gasteiger partial charge on any atom is -0.00990 e. The molecule has 0 heterocycles. The highest BCUT2D eigenvalue weighted by Gasteiger charge is 2.19. The van der Waals surface area contributed by atoms with E-state index in [9.17, 15) is 0 Å². The van der Waals surface area contributed by atoms with Crippen molar-refractivity contribution in [3.8, 4) is 46.2 Å². The Morgan fingerprint density at radius 1 is 0.308 bits per heavy atom. The quantitative estimate of drug-likeness (QED) is 0.292. The van der Waals surface area contributed by atoms with Gasteiger partial charge >= 0.3 is 0 Å². The summed E-state index contributed by atoms with van der Waals surface area (Å²) in [6.07, 6.45) is 8.00. The molecule has 0 aliphatic heterocycles. The van der Waals surface area contributed by atoms with Gasteiger partial charge in [-0.2, -0.15) is 0 Å². The fraction of sp³-hybridized carbons (Fsp3) is 0. The van der Waals surface area contributed by atoms with Gasteiger partial charge in [-0.05, 0) is 33.4 Å². The molecular weight excluding hydrogens is 312 g/mol. The lowest BCUT2D eigenvalue weighted by Gasteiger charge is -2.22. The van der Waals surface area contributed by atoms with Gasteiger partial charge in [0.25, 0.3) is 0 Å². The van der Waals surface area contributed by atoms with Crippen LogP contribution in [0.3, 0.4) is 0 Å². The molecule has 1 aliphatic rings. The number of benzene rings is 4. The SMILES string of the molecule is C#C.c1ccc(-c2ccccc2)cc1.c1ccc2c(c1)-c1ccccc1-2. The van der Waals surface area contributed by atoms with Gasteiger partial charge in [-0.1, -0.05) is 109 Å². The van der Waals surface area contributed by atoms with E-state index in [1.54, 1.807) is 0 Å². The van der Waals surface area contributed by atoms with Gasteiger partial charge in [0.15, 0.2) is 0 Å². The van der Waals surface area contributed by atoms with Crippen LogP contribution in [0.4, 0.5) is 0 Å². The van der Waals surface area contributed by atoms with E-state index in [-0.39, 0.29) is 0 Å². The van der Waals surface area contributed by atoms with E-state index < -0.39 is 0 Å². The number of fused-ring (bicyclic) bond motifs is 4. The van der Waals surface area contributed by atoms with Crippen molar-refractivity contribution in [3.63, 3.8) is 0 Å². The van der Waals surface area contributed by atoms with Gasteiger partial charge in [-0.3, -0.25) is 0 Å². The molecule has 0 unspecified atom stereocenters. The van der Waals surface area contributed by atoms with Gasteiger partial charge in [0, 0.05) is 0 Å². The minimum Gasteiger partial charge on any atom is -0.124 e. The zero-order valence-corrected chi connectivity index (χ0v) is 14.5. The van der Waals surface area contributed by atoms with E-state index in [1.807, 2.05) is 12.1 Å². The monoisotopic (exact) mass is 332 g/mol. The van der Waals surface area contributed by atoms with Crippen LogP contribution in [0.2, 0.25) is 0 Å². The van der Waals surface area contributed by atoms with Crippen LogP contribution in [0.5, 0.6) is 0 Å². The van der Waals surface area contributed by atoms with E-state index in [4.69, 9.17) is 0 Å². The molecule has 0 bridgehead atoms. The van der Waals surface area contributed by atoms with Crippen LogP contribution in [-0.4, -0.2) is 0 Å². The summed E-state index contributed by atoms with van der Waals surface area (Å²) in [6, 6.07) is 37.9. The van der Waals surface area contributed by atoms with Crippen LogP contribution in [0.15, 0.2) is 109 Å². The molecule has 0 atom stereocenters. The molecule has 26 heavy (non-hydrogen) atoms. The summed E-state index contributed by atoms with van der Waals surface area (Å²) in [4.78, 5) is 0. The summed E-state index contributed by atoms with van der Waals surface area (Å²) in [5, 5.41) is 0. The fourth-order valence-corrected chi connectivity index (χ4v) is 3.10. The molecule has 0 aromatic heterocycles. The van der Waals surface area contributed by atoms with Crippen molar-refractivity contribution in [2.75, 3.05) is 0 Å². The maximum atomic E-state index is 4.00. The highest BCUT2D eigenvalue weighted by molar-refractivity contribution is 6.02. The van der Waals surface area contributed by atoms with Crippen LogP contribution in [0, 0.1) is 12.8 Å². The Kier molecular flexibility index (Phi) is 5.65. The molecule has 0 spiro atoms. The Bertz CT molecular complexity index is 800. The Labute approximate surface area is 155 Å². The minimum absolute atomic E-state index is 1.28. The van der Waals surface area contributed by atoms with Gasteiger partial charge < -0.3 is 0 Å². The highest BCUT2D eigenvalue weighted by atomic mass is 14.2. The molecule has 124 valence electrons. The van der Waals surface area contributed by atoms with Crippen molar-refractivity contribution in [3.05, 3.63) is 109 Å². The largest absolute Gasteiger partial charge is 0.124 e. The first kappa shape index (κ1) is 17.3. The lowest BCUT2D eigenvalue weighted by Crippen LogP contribution is -1.96. The average molecular weight is 332 g/mol. The summed E-state index contributed by atoms with van der Waals surface area (Å²) < 4.78 is 0. The van der Waals surface area contributed by atoms with Gasteiger partial charge in [0.2, 0.25) is 0 Å². The third-order valence-electron chi connectivity index (χ3n) is 4.32. The van der Waals surface area contributed by atoms with E-state index in [0.717, 1.165) is 0 Å². The van der Waals surface area contributed by atoms with Crippen molar-refractivity contribution < 1.29 is 0 Å². The lowest BCUT2D eigenvalue weighted by atomic mass is 9.81. The predicted octanol–water partition coefficient (Wildman–Crippen LogP) is 6.94. The van der Waals surface area contributed by atoms with Crippen LogP contribution in [0.1, 0.15) is 0 Å². The second-order valence-corrected chi connectivity index (χ2v) is 5.82. The Balaban J connectivity index is 0.000000138. The van der Waals surface area contributed by atoms with Crippen molar-refractivity contribution in [1.29, 1.82) is 0 Å². The van der Waals surface area contributed by atoms with Gasteiger partial charge in [-0.25, -0.2) is 0 Å². The fourth-order valence-electron chi connectivity index (χ4n) is 3.10. The van der Waals surface area contributed by atoms with Gasteiger partial charge in [0.1, 0.15) is 0 Å². The molecule has 5 rings (SSSR count). The van der Waals surface area contributed by atoms with E-state index in [2.05, 4.69) is 110 Å². The Hall–Kier alpha value is -3.56. The molecule has 0 heteroatoms. The second-order valence-electron chi connectivity index (χ2n) is 5.82. The summed E-state index contributed by atoms with van der Waals surface area (Å²) >= 11 is 0. The standard InChI is InChI=1S/C12H8.C12H10.C2H2/c1-2-6-10-9(5-1)11-7-3-4-8-12(10)11;1-3-7-11(8-4-1)12-9-5-2-6-10-12;1-2/h1-8H;1-10H;1-2H. The topological polar surface area (TPSA) is 0 Å². The highest BCUT2D eigenvalue weighted by Crippen LogP contribution is 2.46. The average Bonchev–Trinajstić information content (AvgIpc) is 2.75. The smallest absolute Gasteiger partial charge is 0.00990 e. The first-order valence-electron chi connectivity index (χ1n) is 8.56. The molecule has 4 aromatic carbocycles. The molecule has 0 saturated heterocycles. The molecule has 0 fully saturated rings. The van der Waals surface area contributed by atoms with Gasteiger partial charge in [-0.15, -0.1) is 12.8 Å². The molecule has 1 aliphatic carbocycles. The zero-order chi connectivity index (χ0) is 18.2. The van der Waals surface area contributed by atoms with E-state index >= 15 is 0 Å². The Morgan fingerprint density at radius 2 is 0.538 bits per heavy atom. The van der Waals surface area contributed by atoms with Crippen molar-refractivity contribution in [2.24, 2.45) is 0 Å². The molecule has 0 saturated carbocycles. The normalized spacial score (nSPS) is 9.77. The molecular formula is C26H20. The number of hydrogen-bond acceptors (Lipinski definition) is 0. The van der Waals surface area contributed by atoms with E-state index in [1.165, 1.54) is 33.4 Å². The van der Waals surface area contributed by atoms with Gasteiger partial charge in [0.05, 0.1) is 0 Å². The molecule has 0 nitrogen and oxygen atoms in total. The predicted molar refractivity (Wildman–Crippen MR) is 113 cm³/mol. The lowest BCUT2D eigenvalue weighted by molar-refractivity contribution is 1.52. The second kappa shape index (κ2) is 8.51. The van der Waals surface area contributed by atoms with E-state index in [0.29, 0.717) is 0 Å². The minimum atomic E-state index is 1.28. The van der Waals surface area contributed by atoms with Crippen molar-refractivity contribution in [1.82, 2.24) is 0 Å².